The first-order chi connectivity index (χ1) is 6.14. The van der Waals surface area contributed by atoms with Crippen LogP contribution in [-0.2, 0) is 14.2 Å². The maximum Gasteiger partial charge on any atom is 0.163 e. The highest BCUT2D eigenvalue weighted by molar-refractivity contribution is 4.70. The summed E-state index contributed by atoms with van der Waals surface area (Å²) in [6.07, 6.45) is 0.976. The van der Waals surface area contributed by atoms with Crippen LogP contribution in [0.15, 0.2) is 0 Å². The van der Waals surface area contributed by atoms with Gasteiger partial charge in [0.25, 0.3) is 0 Å². The highest BCUT2D eigenvalue weighted by Gasteiger charge is 2.32. The van der Waals surface area contributed by atoms with Gasteiger partial charge in [-0.1, -0.05) is 0 Å². The van der Waals surface area contributed by atoms with Crippen LogP contribution < -0.4 is 5.73 Å². The van der Waals surface area contributed by atoms with Gasteiger partial charge >= 0.3 is 0 Å². The van der Waals surface area contributed by atoms with Gasteiger partial charge in [0.05, 0.1) is 13.2 Å². The average Bonchev–Trinajstić information content (AvgIpc) is 2.40. The van der Waals surface area contributed by atoms with Crippen molar-refractivity contribution in [3.8, 4) is 0 Å². The Morgan fingerprint density at radius 1 is 1.54 bits per heavy atom. The Labute approximate surface area is 79.3 Å². The summed E-state index contributed by atoms with van der Waals surface area (Å²) < 4.78 is 16.3. The van der Waals surface area contributed by atoms with Crippen molar-refractivity contribution in [2.24, 2.45) is 5.73 Å². The molecular weight excluding hydrogens is 170 g/mol. The molecule has 0 spiro atoms. The number of ether oxygens (including phenoxy) is 3. The van der Waals surface area contributed by atoms with Crippen LogP contribution in [0, 0.1) is 0 Å². The van der Waals surface area contributed by atoms with Crippen molar-refractivity contribution in [2.45, 2.75) is 32.2 Å². The second-order valence-corrected chi connectivity index (χ2v) is 3.67. The lowest BCUT2D eigenvalue weighted by molar-refractivity contribution is -0.145. The Bertz CT molecular complexity index is 150. The fourth-order valence-electron chi connectivity index (χ4n) is 1.25. The van der Waals surface area contributed by atoms with Gasteiger partial charge in [0.1, 0.15) is 6.10 Å². The molecule has 2 N–H and O–H groups in total. The molecule has 0 aromatic rings. The number of nitrogens with two attached hydrogens (primary N) is 1. The fraction of sp³-hybridized carbons (Fsp3) is 1.00. The predicted molar refractivity (Wildman–Crippen MR) is 49.4 cm³/mol. The number of rotatable bonds is 5. The van der Waals surface area contributed by atoms with Gasteiger partial charge < -0.3 is 19.9 Å². The monoisotopic (exact) mass is 189 g/mol. The minimum atomic E-state index is -0.443. The summed E-state index contributed by atoms with van der Waals surface area (Å²) in [4.78, 5) is 0. The molecule has 0 bridgehead atoms. The normalized spacial score (nSPS) is 26.5. The molecule has 1 atom stereocenters. The molecule has 0 aromatic carbocycles. The zero-order chi connectivity index (χ0) is 9.73. The molecule has 13 heavy (non-hydrogen) atoms. The summed E-state index contributed by atoms with van der Waals surface area (Å²) in [5.74, 6) is -0.443. The van der Waals surface area contributed by atoms with Gasteiger partial charge in [0.2, 0.25) is 0 Å². The zero-order valence-corrected chi connectivity index (χ0v) is 8.41. The van der Waals surface area contributed by atoms with Crippen LogP contribution in [0.1, 0.15) is 20.3 Å². The first-order valence-electron chi connectivity index (χ1n) is 4.73. The molecule has 1 aliphatic heterocycles. The molecule has 1 aliphatic rings. The van der Waals surface area contributed by atoms with Gasteiger partial charge in [-0.05, 0) is 26.8 Å². The molecule has 0 aliphatic carbocycles. The summed E-state index contributed by atoms with van der Waals surface area (Å²) >= 11 is 0. The SMILES string of the molecule is CC1(C)OCC(COCCCN)O1. The van der Waals surface area contributed by atoms with Crippen LogP contribution in [0.2, 0.25) is 0 Å². The Morgan fingerprint density at radius 2 is 2.31 bits per heavy atom. The van der Waals surface area contributed by atoms with E-state index in [9.17, 15) is 0 Å². The first-order valence-corrected chi connectivity index (χ1v) is 4.73. The molecule has 1 saturated heterocycles. The lowest BCUT2D eigenvalue weighted by Crippen LogP contribution is -2.24. The summed E-state index contributed by atoms with van der Waals surface area (Å²) in [5, 5.41) is 0. The van der Waals surface area contributed by atoms with E-state index >= 15 is 0 Å². The first kappa shape index (κ1) is 10.9. The fourth-order valence-corrected chi connectivity index (χ4v) is 1.25. The largest absolute Gasteiger partial charge is 0.379 e. The average molecular weight is 189 g/mol. The highest BCUT2D eigenvalue weighted by atomic mass is 16.7. The molecule has 1 heterocycles. The van der Waals surface area contributed by atoms with Crippen LogP contribution in [0.3, 0.4) is 0 Å². The molecule has 0 radical (unpaired) electrons. The van der Waals surface area contributed by atoms with Gasteiger partial charge in [-0.15, -0.1) is 0 Å². The molecule has 1 unspecified atom stereocenters. The van der Waals surface area contributed by atoms with Crippen molar-refractivity contribution in [2.75, 3.05) is 26.4 Å². The second-order valence-electron chi connectivity index (χ2n) is 3.67. The quantitative estimate of drug-likeness (QED) is 0.640. The molecule has 0 saturated carbocycles. The third-order valence-corrected chi connectivity index (χ3v) is 1.86. The maximum atomic E-state index is 5.55. The molecule has 78 valence electrons. The molecule has 1 fully saturated rings. The van der Waals surface area contributed by atoms with Gasteiger partial charge in [-0.2, -0.15) is 0 Å². The predicted octanol–water partition coefficient (Wildman–Crippen LogP) is 0.503. The van der Waals surface area contributed by atoms with Gasteiger partial charge in [0, 0.05) is 6.61 Å². The van der Waals surface area contributed by atoms with Crippen molar-refractivity contribution >= 4 is 0 Å². The molecule has 0 amide bonds. The smallest absolute Gasteiger partial charge is 0.163 e. The van der Waals surface area contributed by atoms with E-state index in [1.165, 1.54) is 0 Å². The zero-order valence-electron chi connectivity index (χ0n) is 8.41. The second kappa shape index (κ2) is 4.91. The molecule has 0 aromatic heterocycles. The molecule has 4 heteroatoms. The van der Waals surface area contributed by atoms with E-state index in [4.69, 9.17) is 19.9 Å². The summed E-state index contributed by atoms with van der Waals surface area (Å²) in [6, 6.07) is 0. The van der Waals surface area contributed by atoms with Crippen LogP contribution >= 0.6 is 0 Å². The van der Waals surface area contributed by atoms with Crippen LogP contribution in [0.5, 0.6) is 0 Å². The molecule has 4 nitrogen and oxygen atoms in total. The molecular formula is C9H19NO3. The Hall–Kier alpha value is -0.160. The molecule has 1 rings (SSSR count). The van der Waals surface area contributed by atoms with Crippen molar-refractivity contribution in [3.05, 3.63) is 0 Å². The Balaban J connectivity index is 2.04. The standard InChI is InChI=1S/C9H19NO3/c1-9(2)12-7-8(13-9)6-11-5-3-4-10/h8H,3-7,10H2,1-2H3. The maximum absolute atomic E-state index is 5.55. The minimum Gasteiger partial charge on any atom is -0.379 e. The lowest BCUT2D eigenvalue weighted by atomic mass is 10.4. The van der Waals surface area contributed by atoms with E-state index in [1.54, 1.807) is 0 Å². The van der Waals surface area contributed by atoms with E-state index < -0.39 is 5.79 Å². The Morgan fingerprint density at radius 3 is 2.85 bits per heavy atom. The lowest BCUT2D eigenvalue weighted by Gasteiger charge is -2.16. The van der Waals surface area contributed by atoms with Crippen LogP contribution in [0.25, 0.3) is 0 Å². The summed E-state index contributed by atoms with van der Waals surface area (Å²) in [6.45, 7) is 6.42. The third-order valence-electron chi connectivity index (χ3n) is 1.86. The van der Waals surface area contributed by atoms with E-state index in [2.05, 4.69) is 0 Å². The van der Waals surface area contributed by atoms with E-state index in [-0.39, 0.29) is 6.10 Å². The van der Waals surface area contributed by atoms with Crippen molar-refractivity contribution in [1.29, 1.82) is 0 Å². The van der Waals surface area contributed by atoms with Crippen molar-refractivity contribution in [3.63, 3.8) is 0 Å². The third kappa shape index (κ3) is 4.04. The number of hydrogen-bond donors (Lipinski definition) is 1. The van der Waals surface area contributed by atoms with Gasteiger partial charge in [-0.3, -0.25) is 0 Å². The van der Waals surface area contributed by atoms with Crippen molar-refractivity contribution < 1.29 is 14.2 Å². The Kier molecular flexibility index (Phi) is 4.12. The van der Waals surface area contributed by atoms with E-state index in [0.717, 1.165) is 6.42 Å². The highest BCUT2D eigenvalue weighted by Crippen LogP contribution is 2.22. The minimum absolute atomic E-state index is 0.0766. The van der Waals surface area contributed by atoms with Gasteiger partial charge in [-0.25, -0.2) is 0 Å². The van der Waals surface area contributed by atoms with Crippen LogP contribution in [-0.4, -0.2) is 38.3 Å². The van der Waals surface area contributed by atoms with E-state index in [1.807, 2.05) is 13.8 Å². The summed E-state index contributed by atoms with van der Waals surface area (Å²) in [5.41, 5.74) is 5.33. The number of hydrogen-bond acceptors (Lipinski definition) is 4. The summed E-state index contributed by atoms with van der Waals surface area (Å²) in [7, 11) is 0. The van der Waals surface area contributed by atoms with Gasteiger partial charge in [0.15, 0.2) is 5.79 Å². The van der Waals surface area contributed by atoms with Crippen LogP contribution in [0.4, 0.5) is 0 Å². The van der Waals surface area contributed by atoms with Crippen molar-refractivity contribution in [1.82, 2.24) is 0 Å². The topological polar surface area (TPSA) is 53.7 Å². The van der Waals surface area contributed by atoms with E-state index in [0.29, 0.717) is 26.4 Å².